The van der Waals surface area contributed by atoms with E-state index in [1.54, 1.807) is 27.7 Å². The SMILES string of the molecule is CC(I)[C@H](NC(=O)OC(C)(C)C)C(=O)O. The minimum absolute atomic E-state index is 0.215. The fourth-order valence-electron chi connectivity index (χ4n) is 0.808. The maximum atomic E-state index is 11.3. The normalized spacial score (nSPS) is 15.3. The largest absolute Gasteiger partial charge is 0.480 e. The number of aliphatic carboxylic acids is 1. The molecule has 15 heavy (non-hydrogen) atoms. The molecular weight excluding hydrogens is 313 g/mol. The van der Waals surface area contributed by atoms with Crippen LogP contribution in [0.1, 0.15) is 27.7 Å². The number of carboxylic acids is 1. The molecule has 0 rings (SSSR count). The highest BCUT2D eigenvalue weighted by Crippen LogP contribution is 2.09. The smallest absolute Gasteiger partial charge is 0.408 e. The van der Waals surface area contributed by atoms with Crippen molar-refractivity contribution < 1.29 is 19.4 Å². The molecule has 0 saturated heterocycles. The number of amides is 1. The molecule has 0 heterocycles. The number of hydrogen-bond donors (Lipinski definition) is 2. The van der Waals surface area contributed by atoms with E-state index in [0.29, 0.717) is 0 Å². The van der Waals surface area contributed by atoms with E-state index in [9.17, 15) is 9.59 Å². The summed E-state index contributed by atoms with van der Waals surface area (Å²) in [7, 11) is 0. The molecule has 2 atom stereocenters. The van der Waals surface area contributed by atoms with Gasteiger partial charge in [0, 0.05) is 3.92 Å². The van der Waals surface area contributed by atoms with Gasteiger partial charge in [0.2, 0.25) is 0 Å². The molecule has 0 bridgehead atoms. The highest BCUT2D eigenvalue weighted by Gasteiger charge is 2.27. The van der Waals surface area contributed by atoms with E-state index in [0.717, 1.165) is 0 Å². The van der Waals surface area contributed by atoms with E-state index in [1.165, 1.54) is 0 Å². The maximum absolute atomic E-state index is 11.3. The van der Waals surface area contributed by atoms with E-state index in [-0.39, 0.29) is 3.92 Å². The summed E-state index contributed by atoms with van der Waals surface area (Å²) in [6.45, 7) is 6.86. The molecule has 0 fully saturated rings. The summed E-state index contributed by atoms with van der Waals surface area (Å²) >= 11 is 1.94. The number of hydrogen-bond acceptors (Lipinski definition) is 3. The van der Waals surface area contributed by atoms with Gasteiger partial charge in [-0.3, -0.25) is 0 Å². The van der Waals surface area contributed by atoms with Crippen LogP contribution in [0.25, 0.3) is 0 Å². The number of halogens is 1. The van der Waals surface area contributed by atoms with Crippen LogP contribution < -0.4 is 5.32 Å². The van der Waals surface area contributed by atoms with Gasteiger partial charge in [-0.2, -0.15) is 0 Å². The van der Waals surface area contributed by atoms with Gasteiger partial charge < -0.3 is 15.2 Å². The summed E-state index contributed by atoms with van der Waals surface area (Å²) in [6.07, 6.45) is -0.710. The molecule has 1 amide bonds. The van der Waals surface area contributed by atoms with Crippen molar-refractivity contribution in [2.24, 2.45) is 0 Å². The zero-order chi connectivity index (χ0) is 12.2. The molecule has 0 aromatic rings. The van der Waals surface area contributed by atoms with Gasteiger partial charge in [0.25, 0.3) is 0 Å². The number of carbonyl (C=O) groups excluding carboxylic acids is 1. The first-order valence-electron chi connectivity index (χ1n) is 4.50. The second kappa shape index (κ2) is 5.53. The Hall–Kier alpha value is -0.530. The number of nitrogens with one attached hydrogen (secondary N) is 1. The van der Waals surface area contributed by atoms with Crippen LogP contribution in [-0.2, 0) is 9.53 Å². The van der Waals surface area contributed by atoms with Crippen molar-refractivity contribution in [3.8, 4) is 0 Å². The highest BCUT2D eigenvalue weighted by atomic mass is 127. The van der Waals surface area contributed by atoms with Crippen molar-refractivity contribution in [3.63, 3.8) is 0 Å². The van der Waals surface area contributed by atoms with Gasteiger partial charge in [-0.1, -0.05) is 29.5 Å². The van der Waals surface area contributed by atoms with E-state index in [4.69, 9.17) is 9.84 Å². The lowest BCUT2D eigenvalue weighted by atomic mass is 10.2. The van der Waals surface area contributed by atoms with Crippen molar-refractivity contribution in [2.75, 3.05) is 0 Å². The molecule has 2 N–H and O–H groups in total. The van der Waals surface area contributed by atoms with Gasteiger partial charge in [-0.25, -0.2) is 9.59 Å². The van der Waals surface area contributed by atoms with E-state index >= 15 is 0 Å². The fraction of sp³-hybridized carbons (Fsp3) is 0.778. The topological polar surface area (TPSA) is 75.6 Å². The molecule has 0 aliphatic rings. The summed E-state index contributed by atoms with van der Waals surface area (Å²) in [4.78, 5) is 22.0. The molecule has 6 heteroatoms. The van der Waals surface area contributed by atoms with Crippen LogP contribution in [-0.4, -0.2) is 32.7 Å². The summed E-state index contributed by atoms with van der Waals surface area (Å²) in [5.41, 5.74) is -0.623. The first-order chi connectivity index (χ1) is 6.63. The van der Waals surface area contributed by atoms with Crippen LogP contribution in [0.5, 0.6) is 0 Å². The van der Waals surface area contributed by atoms with Gasteiger partial charge in [0.15, 0.2) is 0 Å². The lowest BCUT2D eigenvalue weighted by Crippen LogP contribution is -2.47. The average Bonchev–Trinajstić information content (AvgIpc) is 1.95. The molecule has 5 nitrogen and oxygen atoms in total. The summed E-state index contributed by atoms with van der Waals surface area (Å²) in [5.74, 6) is -1.07. The highest BCUT2D eigenvalue weighted by molar-refractivity contribution is 14.1. The lowest BCUT2D eigenvalue weighted by Gasteiger charge is -2.22. The zero-order valence-corrected chi connectivity index (χ0v) is 11.4. The van der Waals surface area contributed by atoms with Crippen LogP contribution in [0.4, 0.5) is 4.79 Å². The summed E-state index contributed by atoms with van der Waals surface area (Å²) in [5, 5.41) is 11.1. The Balaban J connectivity index is 4.31. The monoisotopic (exact) mass is 329 g/mol. The van der Waals surface area contributed by atoms with Crippen molar-refractivity contribution in [1.29, 1.82) is 0 Å². The van der Waals surface area contributed by atoms with Crippen LogP contribution in [0.15, 0.2) is 0 Å². The van der Waals surface area contributed by atoms with Gasteiger partial charge >= 0.3 is 12.1 Å². The minimum Gasteiger partial charge on any atom is -0.480 e. The van der Waals surface area contributed by atoms with Gasteiger partial charge in [-0.15, -0.1) is 0 Å². The summed E-state index contributed by atoms with van der Waals surface area (Å²) in [6, 6.07) is -0.930. The number of carboxylic acid groups (broad SMARTS) is 1. The molecule has 0 saturated carbocycles. The molecule has 88 valence electrons. The first kappa shape index (κ1) is 14.5. The molecule has 0 aliphatic carbocycles. The number of alkyl halides is 1. The molecule has 0 spiro atoms. The number of carbonyl (C=O) groups is 2. The quantitative estimate of drug-likeness (QED) is 0.611. The van der Waals surface area contributed by atoms with Gasteiger partial charge in [0.05, 0.1) is 0 Å². The molecule has 0 aromatic heterocycles. The lowest BCUT2D eigenvalue weighted by molar-refractivity contribution is -0.139. The van der Waals surface area contributed by atoms with Crippen LogP contribution in [0.3, 0.4) is 0 Å². The zero-order valence-electron chi connectivity index (χ0n) is 9.20. The second-order valence-electron chi connectivity index (χ2n) is 4.14. The Bertz CT molecular complexity index is 247. The van der Waals surface area contributed by atoms with E-state index in [2.05, 4.69) is 5.32 Å². The van der Waals surface area contributed by atoms with E-state index in [1.807, 2.05) is 22.6 Å². The molecule has 0 aliphatic heterocycles. The van der Waals surface area contributed by atoms with Crippen molar-refractivity contribution >= 4 is 34.7 Å². The summed E-state index contributed by atoms with van der Waals surface area (Å²) < 4.78 is 4.74. The maximum Gasteiger partial charge on any atom is 0.408 e. The van der Waals surface area contributed by atoms with Crippen molar-refractivity contribution in [1.82, 2.24) is 5.32 Å². The van der Waals surface area contributed by atoms with Crippen LogP contribution in [0, 0.1) is 0 Å². The molecule has 0 aromatic carbocycles. The van der Waals surface area contributed by atoms with Crippen LogP contribution >= 0.6 is 22.6 Å². The standard InChI is InChI=1S/C9H16INO4/c1-5(10)6(7(12)13)11-8(14)15-9(2,3)4/h5-6H,1-4H3,(H,11,14)(H,12,13)/t5?,6-/m0/s1. The van der Waals surface area contributed by atoms with Crippen LogP contribution in [0.2, 0.25) is 0 Å². The Morgan fingerprint density at radius 2 is 1.87 bits per heavy atom. The molecule has 1 unspecified atom stereocenters. The Labute approximate surface area is 103 Å². The Morgan fingerprint density at radius 1 is 1.40 bits per heavy atom. The second-order valence-corrected chi connectivity index (χ2v) is 6.10. The number of rotatable bonds is 3. The van der Waals surface area contributed by atoms with Gasteiger partial charge in [0.1, 0.15) is 11.6 Å². The Kier molecular flexibility index (Phi) is 5.33. The van der Waals surface area contributed by atoms with E-state index < -0.39 is 23.7 Å². The Morgan fingerprint density at radius 3 is 2.13 bits per heavy atom. The predicted molar refractivity (Wildman–Crippen MR) is 64.3 cm³/mol. The van der Waals surface area contributed by atoms with Crippen molar-refractivity contribution in [3.05, 3.63) is 0 Å². The first-order valence-corrected chi connectivity index (χ1v) is 5.74. The molecular formula is C9H16INO4. The third kappa shape index (κ3) is 6.53. The minimum atomic E-state index is -1.07. The molecule has 0 radical (unpaired) electrons. The predicted octanol–water partition coefficient (Wildman–Crippen LogP) is 1.79. The van der Waals surface area contributed by atoms with Crippen molar-refractivity contribution in [2.45, 2.75) is 43.3 Å². The number of alkyl carbamates (subject to hydrolysis) is 1. The third-order valence-corrected chi connectivity index (χ3v) is 2.12. The van der Waals surface area contributed by atoms with Gasteiger partial charge in [-0.05, 0) is 20.8 Å². The average molecular weight is 329 g/mol. The fourth-order valence-corrected chi connectivity index (χ4v) is 1.29. The number of ether oxygens (including phenoxy) is 1. The third-order valence-electron chi connectivity index (χ3n) is 1.40.